The number of carbonyl (C=O) groups is 1. The molecule has 0 spiro atoms. The lowest BCUT2D eigenvalue weighted by atomic mass is 10.1. The lowest BCUT2D eigenvalue weighted by molar-refractivity contribution is 0.00603. The highest BCUT2D eigenvalue weighted by atomic mass is 16.5. The first-order valence-corrected chi connectivity index (χ1v) is 12.4. The number of nitrogens with zero attached hydrogens (tertiary/aromatic N) is 2. The SMILES string of the molecule is Nc1cc2ccc1-c1ccnc(n1)Nc1ccc(OC3CCCOC3)c(c1)COCCCCNC2=O. The van der Waals surface area contributed by atoms with Gasteiger partial charge in [0.1, 0.15) is 11.9 Å². The maximum atomic E-state index is 12.5. The van der Waals surface area contributed by atoms with Crippen molar-refractivity contribution in [1.29, 1.82) is 0 Å². The van der Waals surface area contributed by atoms with Crippen molar-refractivity contribution in [2.75, 3.05) is 37.4 Å². The number of nitrogens with one attached hydrogen (secondary N) is 2. The molecule has 9 heteroatoms. The number of anilines is 3. The molecule has 4 heterocycles. The number of carbonyl (C=O) groups excluding carboxylic acids is 1. The molecule has 188 valence electrons. The molecule has 3 aromatic rings. The molecule has 0 saturated carbocycles. The van der Waals surface area contributed by atoms with Gasteiger partial charge in [0.05, 0.1) is 18.9 Å². The highest BCUT2D eigenvalue weighted by molar-refractivity contribution is 5.96. The van der Waals surface area contributed by atoms with Gasteiger partial charge in [-0.15, -0.1) is 0 Å². The van der Waals surface area contributed by atoms with Crippen molar-refractivity contribution in [3.63, 3.8) is 0 Å². The monoisotopic (exact) mass is 489 g/mol. The van der Waals surface area contributed by atoms with Crippen molar-refractivity contribution in [1.82, 2.24) is 15.3 Å². The van der Waals surface area contributed by atoms with Crippen molar-refractivity contribution in [2.45, 2.75) is 38.4 Å². The molecule has 4 N–H and O–H groups in total. The minimum absolute atomic E-state index is 0.0334. The zero-order valence-corrected chi connectivity index (χ0v) is 20.2. The Labute approximate surface area is 210 Å². The number of fused-ring (bicyclic) bond motifs is 9. The van der Waals surface area contributed by atoms with E-state index in [1.54, 1.807) is 24.4 Å². The van der Waals surface area contributed by atoms with Crippen LogP contribution in [0.3, 0.4) is 0 Å². The molecule has 3 aliphatic heterocycles. The van der Waals surface area contributed by atoms with Crippen molar-refractivity contribution in [3.05, 3.63) is 59.8 Å². The predicted octanol–water partition coefficient (Wildman–Crippen LogP) is 4.07. The van der Waals surface area contributed by atoms with Crippen LogP contribution in [0.5, 0.6) is 5.75 Å². The van der Waals surface area contributed by atoms with E-state index in [2.05, 4.69) is 20.6 Å². The van der Waals surface area contributed by atoms with E-state index < -0.39 is 0 Å². The van der Waals surface area contributed by atoms with Crippen LogP contribution in [0.2, 0.25) is 0 Å². The Morgan fingerprint density at radius 3 is 2.81 bits per heavy atom. The molecule has 1 fully saturated rings. The van der Waals surface area contributed by atoms with Gasteiger partial charge in [-0.2, -0.15) is 0 Å². The summed E-state index contributed by atoms with van der Waals surface area (Å²) >= 11 is 0. The standard InChI is InChI=1S/C27H31N5O4/c28-23-15-18-5-7-22(23)24-9-11-30-27(32-24)31-20-6-8-25(36-21-4-3-13-35-17-21)19(14-20)16-34-12-2-1-10-29-26(18)33/h5-9,11,14-15,21H,1-4,10,12-13,16-17,28H2,(H,29,33)(H,30,31,32). The number of nitrogen functional groups attached to an aromatic ring is 1. The van der Waals surface area contributed by atoms with Crippen LogP contribution in [0.4, 0.5) is 17.3 Å². The molecule has 0 aliphatic carbocycles. The lowest BCUT2D eigenvalue weighted by Gasteiger charge is -2.25. The Kier molecular flexibility index (Phi) is 7.58. The summed E-state index contributed by atoms with van der Waals surface area (Å²) in [6.07, 6.45) is 5.31. The topological polar surface area (TPSA) is 121 Å². The van der Waals surface area contributed by atoms with Gasteiger partial charge in [-0.3, -0.25) is 4.79 Å². The van der Waals surface area contributed by atoms with Crippen molar-refractivity contribution in [2.24, 2.45) is 0 Å². The number of nitrogens with two attached hydrogens (primary N) is 1. The summed E-state index contributed by atoms with van der Waals surface area (Å²) in [7, 11) is 0. The smallest absolute Gasteiger partial charge is 0.251 e. The second kappa shape index (κ2) is 11.4. The first kappa shape index (κ1) is 24.0. The summed E-state index contributed by atoms with van der Waals surface area (Å²) in [6, 6.07) is 13.0. The van der Waals surface area contributed by atoms with E-state index in [1.807, 2.05) is 24.3 Å². The van der Waals surface area contributed by atoms with Gasteiger partial charge in [0, 0.05) is 54.0 Å². The van der Waals surface area contributed by atoms with E-state index >= 15 is 0 Å². The zero-order valence-electron chi connectivity index (χ0n) is 20.2. The van der Waals surface area contributed by atoms with Crippen LogP contribution in [0.1, 0.15) is 41.6 Å². The van der Waals surface area contributed by atoms with E-state index in [-0.39, 0.29) is 12.0 Å². The molecular formula is C27H31N5O4. The summed E-state index contributed by atoms with van der Waals surface area (Å²) in [5, 5.41) is 6.23. The molecule has 3 aliphatic rings. The number of hydrogen-bond acceptors (Lipinski definition) is 8. The quantitative estimate of drug-likeness (QED) is 0.461. The van der Waals surface area contributed by atoms with Crippen LogP contribution >= 0.6 is 0 Å². The molecule has 9 nitrogen and oxygen atoms in total. The first-order chi connectivity index (χ1) is 17.7. The number of ether oxygens (including phenoxy) is 3. The van der Waals surface area contributed by atoms with E-state index in [0.717, 1.165) is 54.9 Å². The van der Waals surface area contributed by atoms with Crippen molar-refractivity contribution < 1.29 is 19.0 Å². The predicted molar refractivity (Wildman–Crippen MR) is 137 cm³/mol. The summed E-state index contributed by atoms with van der Waals surface area (Å²) in [4.78, 5) is 21.6. The van der Waals surface area contributed by atoms with Crippen LogP contribution in [0.25, 0.3) is 11.3 Å². The molecule has 1 unspecified atom stereocenters. The van der Waals surface area contributed by atoms with E-state index in [9.17, 15) is 4.79 Å². The van der Waals surface area contributed by atoms with Crippen molar-refractivity contribution >= 4 is 23.2 Å². The van der Waals surface area contributed by atoms with Gasteiger partial charge in [0.15, 0.2) is 0 Å². The lowest BCUT2D eigenvalue weighted by Crippen LogP contribution is -2.28. The van der Waals surface area contributed by atoms with Gasteiger partial charge in [-0.05, 0) is 68.1 Å². The second-order valence-electron chi connectivity index (χ2n) is 8.99. The second-order valence-corrected chi connectivity index (χ2v) is 8.99. The molecule has 6 bridgehead atoms. The summed E-state index contributed by atoms with van der Waals surface area (Å²) in [5.74, 6) is 1.07. The van der Waals surface area contributed by atoms with Crippen molar-refractivity contribution in [3.8, 4) is 17.0 Å². The maximum absolute atomic E-state index is 12.5. The maximum Gasteiger partial charge on any atom is 0.251 e. The number of amides is 1. The molecule has 36 heavy (non-hydrogen) atoms. The fraction of sp³-hybridized carbons (Fsp3) is 0.370. The number of benzene rings is 2. The fourth-order valence-corrected chi connectivity index (χ4v) is 4.32. The Hall–Kier alpha value is -3.69. The molecule has 1 aromatic heterocycles. The normalized spacial score (nSPS) is 18.8. The van der Waals surface area contributed by atoms with Crippen LogP contribution in [0, 0.1) is 0 Å². The van der Waals surface area contributed by atoms with Crippen LogP contribution in [0.15, 0.2) is 48.7 Å². The minimum Gasteiger partial charge on any atom is -0.488 e. The summed E-state index contributed by atoms with van der Waals surface area (Å²) < 4.78 is 17.8. The van der Waals surface area contributed by atoms with Crippen LogP contribution in [-0.2, 0) is 16.1 Å². The molecule has 1 amide bonds. The Balaban J connectivity index is 1.43. The average molecular weight is 490 g/mol. The number of hydrogen-bond donors (Lipinski definition) is 3. The Bertz CT molecular complexity index is 1210. The third-order valence-corrected chi connectivity index (χ3v) is 6.23. The fourth-order valence-electron chi connectivity index (χ4n) is 4.32. The molecule has 0 radical (unpaired) electrons. The van der Waals surface area contributed by atoms with Gasteiger partial charge in [0.2, 0.25) is 5.95 Å². The number of rotatable bonds is 2. The third kappa shape index (κ3) is 5.92. The van der Waals surface area contributed by atoms with Crippen LogP contribution in [-0.4, -0.2) is 48.3 Å². The molecular weight excluding hydrogens is 458 g/mol. The van der Waals surface area contributed by atoms with Crippen LogP contribution < -0.4 is 21.1 Å². The van der Waals surface area contributed by atoms with E-state index in [4.69, 9.17) is 19.9 Å². The Morgan fingerprint density at radius 1 is 1.03 bits per heavy atom. The average Bonchev–Trinajstić information content (AvgIpc) is 2.89. The van der Waals surface area contributed by atoms with E-state index in [1.165, 1.54) is 0 Å². The third-order valence-electron chi connectivity index (χ3n) is 6.23. The zero-order chi connectivity index (χ0) is 24.7. The van der Waals surface area contributed by atoms with E-state index in [0.29, 0.717) is 49.3 Å². The highest BCUT2D eigenvalue weighted by Crippen LogP contribution is 2.29. The largest absolute Gasteiger partial charge is 0.488 e. The molecule has 2 aromatic carbocycles. The Morgan fingerprint density at radius 2 is 1.94 bits per heavy atom. The van der Waals surface area contributed by atoms with Gasteiger partial charge < -0.3 is 30.6 Å². The summed E-state index contributed by atoms with van der Waals surface area (Å²) in [5.41, 5.74) is 10.5. The van der Waals surface area contributed by atoms with Gasteiger partial charge >= 0.3 is 0 Å². The molecule has 1 atom stereocenters. The first-order valence-electron chi connectivity index (χ1n) is 12.4. The number of aromatic nitrogens is 2. The summed E-state index contributed by atoms with van der Waals surface area (Å²) in [6.45, 7) is 2.93. The van der Waals surface area contributed by atoms with Gasteiger partial charge in [0.25, 0.3) is 5.91 Å². The van der Waals surface area contributed by atoms with Gasteiger partial charge in [-0.1, -0.05) is 0 Å². The van der Waals surface area contributed by atoms with Gasteiger partial charge in [-0.25, -0.2) is 9.97 Å². The minimum atomic E-state index is -0.151. The highest BCUT2D eigenvalue weighted by Gasteiger charge is 2.18. The molecule has 1 saturated heterocycles. The molecule has 6 rings (SSSR count).